The largest absolute Gasteiger partial charge is 0.496 e. The number of aliphatic hydroxyl groups excluding tert-OH is 1. The van der Waals surface area contributed by atoms with Gasteiger partial charge in [-0.1, -0.05) is 29.8 Å². The zero-order chi connectivity index (χ0) is 23.4. The van der Waals surface area contributed by atoms with Gasteiger partial charge in [0.1, 0.15) is 6.10 Å². The summed E-state index contributed by atoms with van der Waals surface area (Å²) in [6.07, 6.45) is 6.87. The number of hydrogen-bond acceptors (Lipinski definition) is 6. The lowest BCUT2D eigenvalue weighted by Gasteiger charge is -2.48. The Morgan fingerprint density at radius 1 is 1.21 bits per heavy atom. The molecule has 1 aromatic heterocycles. The van der Waals surface area contributed by atoms with E-state index >= 15 is 0 Å². The number of benzene rings is 1. The Kier molecular flexibility index (Phi) is 7.81. The molecule has 1 saturated carbocycles. The van der Waals surface area contributed by atoms with Crippen LogP contribution in [-0.2, 0) is 20.8 Å². The van der Waals surface area contributed by atoms with Crippen molar-refractivity contribution in [3.8, 4) is 0 Å². The van der Waals surface area contributed by atoms with Crippen molar-refractivity contribution in [2.45, 2.75) is 51.5 Å². The first kappa shape index (κ1) is 23.9. The van der Waals surface area contributed by atoms with Gasteiger partial charge in [0.15, 0.2) is 5.78 Å². The van der Waals surface area contributed by atoms with E-state index in [0.29, 0.717) is 17.3 Å². The zero-order valence-corrected chi connectivity index (χ0v) is 19.8. The standard InChI is InChI=1S/C23H23ClN2O3.C3H8O/c24-17-5-3-16(4-6-17)20-13-28-23-18(22(20)27)7-8-21-19(23)12-26(14-29-21)11-15-2-1-9-25-10-15;1-3(2)4/h1-6,9-10,13,18-19,21,23H,7-8,11-12,14H2;3-4H,1-2H3. The second-order valence-electron chi connectivity index (χ2n) is 9.15. The predicted octanol–water partition coefficient (Wildman–Crippen LogP) is 4.32. The fraction of sp³-hybridized carbons (Fsp3) is 0.462. The molecule has 6 nitrogen and oxygen atoms in total. The number of fused-ring (bicyclic) bond motifs is 3. The summed E-state index contributed by atoms with van der Waals surface area (Å²) in [5.74, 6) is 0.242. The third-order valence-electron chi connectivity index (χ3n) is 6.23. The van der Waals surface area contributed by atoms with Crippen LogP contribution in [0, 0.1) is 11.8 Å². The number of allylic oxidation sites excluding steroid dienone is 1. The molecular weight excluding hydrogens is 440 g/mol. The molecular formula is C26H31ClN2O4. The smallest absolute Gasteiger partial charge is 0.173 e. The molecule has 1 saturated heterocycles. The maximum atomic E-state index is 13.2. The van der Waals surface area contributed by atoms with Crippen LogP contribution in [0.2, 0.25) is 5.02 Å². The molecule has 5 rings (SSSR count). The highest BCUT2D eigenvalue weighted by Gasteiger charge is 2.49. The van der Waals surface area contributed by atoms with Crippen molar-refractivity contribution < 1.29 is 19.4 Å². The highest BCUT2D eigenvalue weighted by molar-refractivity contribution is 6.30. The molecule has 4 atom stereocenters. The van der Waals surface area contributed by atoms with Gasteiger partial charge in [-0.3, -0.25) is 14.7 Å². The summed E-state index contributed by atoms with van der Waals surface area (Å²) in [5.41, 5.74) is 2.66. The molecule has 0 bridgehead atoms. The maximum Gasteiger partial charge on any atom is 0.173 e. The Hall–Kier alpha value is -2.25. The number of halogens is 1. The number of aliphatic hydroxyl groups is 1. The van der Waals surface area contributed by atoms with E-state index in [1.54, 1.807) is 38.4 Å². The van der Waals surface area contributed by atoms with E-state index in [1.807, 2.05) is 24.4 Å². The lowest BCUT2D eigenvalue weighted by atomic mass is 9.71. The van der Waals surface area contributed by atoms with E-state index in [1.165, 1.54) is 0 Å². The zero-order valence-electron chi connectivity index (χ0n) is 19.1. The molecule has 1 aliphatic carbocycles. The molecule has 2 aromatic rings. The predicted molar refractivity (Wildman–Crippen MR) is 127 cm³/mol. The maximum absolute atomic E-state index is 13.2. The number of aromatic nitrogens is 1. The lowest BCUT2D eigenvalue weighted by molar-refractivity contribution is -0.171. The summed E-state index contributed by atoms with van der Waals surface area (Å²) in [7, 11) is 0. The Morgan fingerprint density at radius 3 is 2.67 bits per heavy atom. The average Bonchev–Trinajstić information content (AvgIpc) is 2.80. The summed E-state index contributed by atoms with van der Waals surface area (Å²) in [6, 6.07) is 11.4. The van der Waals surface area contributed by atoms with Crippen LogP contribution in [0.3, 0.4) is 0 Å². The summed E-state index contributed by atoms with van der Waals surface area (Å²) < 4.78 is 12.3. The van der Waals surface area contributed by atoms with Gasteiger partial charge < -0.3 is 14.6 Å². The molecule has 3 heterocycles. The van der Waals surface area contributed by atoms with Crippen LogP contribution in [0.5, 0.6) is 0 Å². The Bertz CT molecular complexity index is 961. The molecule has 7 heteroatoms. The normalized spacial score (nSPS) is 26.9. The van der Waals surface area contributed by atoms with Crippen LogP contribution in [-0.4, -0.2) is 52.4 Å². The molecule has 2 fully saturated rings. The molecule has 1 N–H and O–H groups in total. The van der Waals surface area contributed by atoms with Crippen LogP contribution in [0.4, 0.5) is 0 Å². The first-order chi connectivity index (χ1) is 15.9. The van der Waals surface area contributed by atoms with Crippen LogP contribution >= 0.6 is 11.6 Å². The van der Waals surface area contributed by atoms with Crippen LogP contribution < -0.4 is 0 Å². The number of carbonyl (C=O) groups is 1. The Labute approximate surface area is 200 Å². The second-order valence-corrected chi connectivity index (χ2v) is 9.59. The molecule has 3 aliphatic rings. The van der Waals surface area contributed by atoms with Crippen molar-refractivity contribution in [3.05, 3.63) is 71.2 Å². The van der Waals surface area contributed by atoms with Gasteiger partial charge in [0.25, 0.3) is 0 Å². The van der Waals surface area contributed by atoms with Crippen LogP contribution in [0.25, 0.3) is 5.57 Å². The Balaban J connectivity index is 0.000000601. The third-order valence-corrected chi connectivity index (χ3v) is 6.48. The van der Waals surface area contributed by atoms with E-state index in [-0.39, 0.29) is 35.9 Å². The number of rotatable bonds is 3. The van der Waals surface area contributed by atoms with Gasteiger partial charge >= 0.3 is 0 Å². The summed E-state index contributed by atoms with van der Waals surface area (Å²) in [6.45, 7) is 5.69. The molecule has 176 valence electrons. The van der Waals surface area contributed by atoms with Crippen molar-refractivity contribution in [2.75, 3.05) is 13.3 Å². The van der Waals surface area contributed by atoms with E-state index < -0.39 is 0 Å². The molecule has 0 spiro atoms. The van der Waals surface area contributed by atoms with E-state index in [4.69, 9.17) is 26.2 Å². The van der Waals surface area contributed by atoms with Crippen molar-refractivity contribution in [2.24, 2.45) is 11.8 Å². The number of pyridine rings is 1. The van der Waals surface area contributed by atoms with Crippen molar-refractivity contribution >= 4 is 23.0 Å². The molecule has 1 aromatic carbocycles. The van der Waals surface area contributed by atoms with E-state index in [9.17, 15) is 4.79 Å². The SMILES string of the molecule is CC(C)O.O=C1C(c2ccc(Cl)cc2)=COC2C1CCC1OCN(Cc3cccnc3)CC12. The fourth-order valence-electron chi connectivity index (χ4n) is 4.79. The van der Waals surface area contributed by atoms with Gasteiger partial charge in [-0.25, -0.2) is 0 Å². The number of ketones is 1. The minimum absolute atomic E-state index is 0.117. The first-order valence-corrected chi connectivity index (χ1v) is 11.9. The first-order valence-electron chi connectivity index (χ1n) is 11.5. The number of nitrogens with zero attached hydrogens (tertiary/aromatic N) is 2. The third kappa shape index (κ3) is 5.82. The highest BCUT2D eigenvalue weighted by Crippen LogP contribution is 2.42. The minimum atomic E-state index is -0.167. The highest BCUT2D eigenvalue weighted by atomic mass is 35.5. The van der Waals surface area contributed by atoms with Crippen molar-refractivity contribution in [3.63, 3.8) is 0 Å². The van der Waals surface area contributed by atoms with Gasteiger partial charge in [0, 0.05) is 42.5 Å². The topological polar surface area (TPSA) is 71.9 Å². The lowest BCUT2D eigenvalue weighted by Crippen LogP contribution is -2.56. The molecule has 4 unspecified atom stereocenters. The van der Waals surface area contributed by atoms with Gasteiger partial charge in [-0.15, -0.1) is 0 Å². The van der Waals surface area contributed by atoms with E-state index in [0.717, 1.165) is 37.1 Å². The summed E-state index contributed by atoms with van der Waals surface area (Å²) in [5, 5.41) is 8.71. The van der Waals surface area contributed by atoms with E-state index in [2.05, 4.69) is 16.0 Å². The molecule has 2 aliphatic heterocycles. The molecule has 0 radical (unpaired) electrons. The molecule has 33 heavy (non-hydrogen) atoms. The monoisotopic (exact) mass is 470 g/mol. The van der Waals surface area contributed by atoms with Gasteiger partial charge in [0.2, 0.25) is 0 Å². The minimum Gasteiger partial charge on any atom is -0.496 e. The number of Topliss-reactive ketones (excluding diaryl/α,β-unsaturated/α-hetero) is 1. The van der Waals surface area contributed by atoms with Crippen molar-refractivity contribution in [1.82, 2.24) is 9.88 Å². The van der Waals surface area contributed by atoms with Crippen LogP contribution in [0.15, 0.2) is 55.1 Å². The average molecular weight is 471 g/mol. The molecule has 0 amide bonds. The van der Waals surface area contributed by atoms with Crippen molar-refractivity contribution in [1.29, 1.82) is 0 Å². The van der Waals surface area contributed by atoms with Crippen LogP contribution in [0.1, 0.15) is 37.8 Å². The number of carbonyl (C=O) groups excluding carboxylic acids is 1. The number of ether oxygens (including phenoxy) is 2. The Morgan fingerprint density at radius 2 is 1.97 bits per heavy atom. The summed E-state index contributed by atoms with van der Waals surface area (Å²) in [4.78, 5) is 19.7. The second kappa shape index (κ2) is 10.8. The quantitative estimate of drug-likeness (QED) is 0.720. The van der Waals surface area contributed by atoms with Gasteiger partial charge in [0.05, 0.1) is 30.6 Å². The van der Waals surface area contributed by atoms with Gasteiger partial charge in [-0.05, 0) is 56.0 Å². The fourth-order valence-corrected chi connectivity index (χ4v) is 4.92. The van der Waals surface area contributed by atoms with Gasteiger partial charge in [-0.2, -0.15) is 0 Å². The number of hydrogen-bond donors (Lipinski definition) is 1. The summed E-state index contributed by atoms with van der Waals surface area (Å²) >= 11 is 5.99.